The molecular formula is C16H19N3O2S. The first-order valence-electron chi connectivity index (χ1n) is 7.47. The molecule has 0 radical (unpaired) electrons. The molecule has 1 amide bonds. The Balaban J connectivity index is 1.65. The third-order valence-electron chi connectivity index (χ3n) is 4.09. The van der Waals surface area contributed by atoms with Crippen LogP contribution in [0.25, 0.3) is 0 Å². The molecule has 6 heteroatoms. The fourth-order valence-corrected chi connectivity index (χ4v) is 3.57. The maximum absolute atomic E-state index is 12.5. The number of amides is 1. The van der Waals surface area contributed by atoms with Gasteiger partial charge in [-0.15, -0.1) is 11.3 Å². The summed E-state index contributed by atoms with van der Waals surface area (Å²) in [7, 11) is 1.82. The summed E-state index contributed by atoms with van der Waals surface area (Å²) >= 11 is 1.59. The van der Waals surface area contributed by atoms with E-state index in [2.05, 4.69) is 4.98 Å². The lowest BCUT2D eigenvalue weighted by molar-refractivity contribution is -0.131. The van der Waals surface area contributed by atoms with Crippen molar-refractivity contribution in [3.05, 3.63) is 40.6 Å². The summed E-state index contributed by atoms with van der Waals surface area (Å²) in [6.07, 6.45) is 5.54. The van der Waals surface area contributed by atoms with E-state index in [1.54, 1.807) is 28.3 Å². The molecule has 3 rings (SSSR count). The normalized spacial score (nSPS) is 18.4. The van der Waals surface area contributed by atoms with Crippen LogP contribution in [-0.4, -0.2) is 39.2 Å². The summed E-state index contributed by atoms with van der Waals surface area (Å²) in [5.74, 6) is 0.501. The van der Waals surface area contributed by atoms with Gasteiger partial charge >= 0.3 is 0 Å². The zero-order valence-electron chi connectivity index (χ0n) is 12.6. The molecule has 2 aromatic rings. The highest BCUT2D eigenvalue weighted by Crippen LogP contribution is 2.21. The first-order valence-corrected chi connectivity index (χ1v) is 8.35. The molecule has 0 saturated carbocycles. The number of ketones is 1. The quantitative estimate of drug-likeness (QED) is 0.812. The van der Waals surface area contributed by atoms with E-state index in [4.69, 9.17) is 0 Å². The summed E-state index contributed by atoms with van der Waals surface area (Å²) < 4.78 is 1.74. The van der Waals surface area contributed by atoms with Crippen LogP contribution in [0, 0.1) is 5.92 Å². The molecule has 1 atom stereocenters. The lowest BCUT2D eigenvalue weighted by Crippen LogP contribution is -2.43. The van der Waals surface area contributed by atoms with Crippen molar-refractivity contribution in [2.24, 2.45) is 13.0 Å². The van der Waals surface area contributed by atoms with Crippen molar-refractivity contribution >= 4 is 23.0 Å². The summed E-state index contributed by atoms with van der Waals surface area (Å²) in [5, 5.41) is 1.98. The van der Waals surface area contributed by atoms with E-state index in [1.165, 1.54) is 0 Å². The number of Topliss-reactive ketones (excluding diaryl/α,β-unsaturated/α-hetero) is 1. The summed E-state index contributed by atoms with van der Waals surface area (Å²) in [4.78, 5) is 32.0. The number of piperidine rings is 1. The van der Waals surface area contributed by atoms with Gasteiger partial charge in [0.15, 0.2) is 5.82 Å². The van der Waals surface area contributed by atoms with Crippen LogP contribution in [0.1, 0.15) is 28.3 Å². The molecule has 0 N–H and O–H groups in total. The van der Waals surface area contributed by atoms with Gasteiger partial charge in [0.2, 0.25) is 11.7 Å². The minimum absolute atomic E-state index is 0.0427. The molecule has 1 fully saturated rings. The Hall–Kier alpha value is -1.95. The molecule has 2 aromatic heterocycles. The topological polar surface area (TPSA) is 55.2 Å². The number of nitrogens with zero attached hydrogens (tertiary/aromatic N) is 3. The van der Waals surface area contributed by atoms with E-state index in [-0.39, 0.29) is 17.6 Å². The zero-order chi connectivity index (χ0) is 15.5. The van der Waals surface area contributed by atoms with Crippen LogP contribution >= 0.6 is 11.3 Å². The van der Waals surface area contributed by atoms with Crippen molar-refractivity contribution in [3.63, 3.8) is 0 Å². The highest BCUT2D eigenvalue weighted by molar-refractivity contribution is 7.10. The Morgan fingerprint density at radius 3 is 3.00 bits per heavy atom. The van der Waals surface area contributed by atoms with Gasteiger partial charge in [-0.25, -0.2) is 4.98 Å². The van der Waals surface area contributed by atoms with Crippen molar-refractivity contribution in [1.82, 2.24) is 14.5 Å². The van der Waals surface area contributed by atoms with Crippen LogP contribution in [0.2, 0.25) is 0 Å². The third kappa shape index (κ3) is 3.11. The van der Waals surface area contributed by atoms with E-state index in [9.17, 15) is 9.59 Å². The van der Waals surface area contributed by atoms with Crippen molar-refractivity contribution in [2.45, 2.75) is 19.3 Å². The number of carbonyl (C=O) groups is 2. The fraction of sp³-hybridized carbons (Fsp3) is 0.438. The van der Waals surface area contributed by atoms with Crippen molar-refractivity contribution in [1.29, 1.82) is 0 Å². The second-order valence-corrected chi connectivity index (χ2v) is 6.69. The largest absolute Gasteiger partial charge is 0.342 e. The number of hydrogen-bond donors (Lipinski definition) is 0. The predicted molar refractivity (Wildman–Crippen MR) is 84.9 cm³/mol. The van der Waals surface area contributed by atoms with Gasteiger partial charge in [0.25, 0.3) is 0 Å². The molecule has 0 spiro atoms. The Kier molecular flexibility index (Phi) is 4.38. The number of thiophene rings is 1. The third-order valence-corrected chi connectivity index (χ3v) is 4.97. The molecular weight excluding hydrogens is 298 g/mol. The minimum atomic E-state index is -0.137. The first-order chi connectivity index (χ1) is 10.6. The Morgan fingerprint density at radius 1 is 1.45 bits per heavy atom. The number of aryl methyl sites for hydroxylation is 1. The molecule has 0 aromatic carbocycles. The Morgan fingerprint density at radius 2 is 2.32 bits per heavy atom. The molecule has 1 aliphatic heterocycles. The first kappa shape index (κ1) is 15.0. The Bertz CT molecular complexity index is 663. The maximum Gasteiger partial charge on any atom is 0.227 e. The SMILES string of the molecule is Cn1ccnc1C(=O)[C@@H]1CCCN(C(=O)Cc2cccs2)C1. The van der Waals surface area contributed by atoms with Crippen LogP contribution in [0.5, 0.6) is 0 Å². The van der Waals surface area contributed by atoms with E-state index in [0.29, 0.717) is 18.8 Å². The molecule has 5 nitrogen and oxygen atoms in total. The molecule has 1 saturated heterocycles. The van der Waals surface area contributed by atoms with Crippen LogP contribution in [0.15, 0.2) is 29.9 Å². The molecule has 3 heterocycles. The molecule has 116 valence electrons. The number of hydrogen-bond acceptors (Lipinski definition) is 4. The van der Waals surface area contributed by atoms with Gasteiger partial charge in [0.05, 0.1) is 6.42 Å². The lowest BCUT2D eigenvalue weighted by atomic mass is 9.93. The number of rotatable bonds is 4. The predicted octanol–water partition coefficient (Wildman–Crippen LogP) is 2.15. The number of carbonyl (C=O) groups excluding carboxylic acids is 2. The maximum atomic E-state index is 12.5. The molecule has 0 bridgehead atoms. The van der Waals surface area contributed by atoms with Gasteiger partial charge in [-0.1, -0.05) is 6.07 Å². The van der Waals surface area contributed by atoms with Gasteiger partial charge in [0, 0.05) is 43.3 Å². The molecule has 22 heavy (non-hydrogen) atoms. The fourth-order valence-electron chi connectivity index (χ4n) is 2.88. The van der Waals surface area contributed by atoms with Crippen LogP contribution < -0.4 is 0 Å². The average molecular weight is 317 g/mol. The molecule has 1 aliphatic rings. The number of likely N-dealkylation sites (tertiary alicyclic amines) is 1. The smallest absolute Gasteiger partial charge is 0.227 e. The number of imidazole rings is 1. The molecule has 0 unspecified atom stereocenters. The highest BCUT2D eigenvalue weighted by Gasteiger charge is 2.30. The summed E-state index contributed by atoms with van der Waals surface area (Å²) in [5.41, 5.74) is 0. The van der Waals surface area contributed by atoms with Crippen LogP contribution in [0.4, 0.5) is 0 Å². The van der Waals surface area contributed by atoms with Crippen molar-refractivity contribution < 1.29 is 9.59 Å². The second kappa shape index (κ2) is 6.44. The van der Waals surface area contributed by atoms with Crippen molar-refractivity contribution in [2.75, 3.05) is 13.1 Å². The standard InChI is InChI=1S/C16H19N3O2S/c1-18-8-6-17-16(18)15(21)12-4-2-7-19(11-12)14(20)10-13-5-3-9-22-13/h3,5-6,8-9,12H,2,4,7,10-11H2,1H3/t12-/m1/s1. The number of aromatic nitrogens is 2. The monoisotopic (exact) mass is 317 g/mol. The van der Waals surface area contributed by atoms with E-state index < -0.39 is 0 Å². The minimum Gasteiger partial charge on any atom is -0.342 e. The van der Waals surface area contributed by atoms with Gasteiger partial charge in [-0.2, -0.15) is 0 Å². The van der Waals surface area contributed by atoms with Gasteiger partial charge < -0.3 is 9.47 Å². The second-order valence-electron chi connectivity index (χ2n) is 5.66. The summed E-state index contributed by atoms with van der Waals surface area (Å²) in [6, 6.07) is 3.93. The summed E-state index contributed by atoms with van der Waals surface area (Å²) in [6.45, 7) is 1.25. The van der Waals surface area contributed by atoms with Gasteiger partial charge in [0.1, 0.15) is 0 Å². The highest BCUT2D eigenvalue weighted by atomic mass is 32.1. The van der Waals surface area contributed by atoms with Crippen LogP contribution in [0.3, 0.4) is 0 Å². The van der Waals surface area contributed by atoms with E-state index in [1.807, 2.05) is 29.5 Å². The van der Waals surface area contributed by atoms with E-state index in [0.717, 1.165) is 24.3 Å². The van der Waals surface area contributed by atoms with Crippen LogP contribution in [-0.2, 0) is 18.3 Å². The average Bonchev–Trinajstić information content (AvgIpc) is 3.18. The molecule has 0 aliphatic carbocycles. The van der Waals surface area contributed by atoms with Crippen molar-refractivity contribution in [3.8, 4) is 0 Å². The van der Waals surface area contributed by atoms with E-state index >= 15 is 0 Å². The lowest BCUT2D eigenvalue weighted by Gasteiger charge is -2.31. The zero-order valence-corrected chi connectivity index (χ0v) is 13.4. The van der Waals surface area contributed by atoms with Gasteiger partial charge in [-0.05, 0) is 24.3 Å². The van der Waals surface area contributed by atoms with Gasteiger partial charge in [-0.3, -0.25) is 9.59 Å². The Labute approximate surface area is 133 Å².